The van der Waals surface area contributed by atoms with E-state index in [9.17, 15) is 9.59 Å². The fraction of sp³-hybridized carbons (Fsp3) is 0.231. The number of rotatable bonds is 10. The van der Waals surface area contributed by atoms with Crippen LogP contribution in [0.15, 0.2) is 78.9 Å². The Hall–Kier alpha value is -3.80. The molecule has 166 valence electrons. The van der Waals surface area contributed by atoms with E-state index in [-0.39, 0.29) is 18.1 Å². The lowest BCUT2D eigenvalue weighted by atomic mass is 10.1. The van der Waals surface area contributed by atoms with Gasteiger partial charge in [0, 0.05) is 13.1 Å². The number of hydrogen-bond acceptors (Lipinski definition) is 5. The average molecular weight is 434 g/mol. The Bertz CT molecular complexity index is 999. The van der Waals surface area contributed by atoms with Crippen LogP contribution in [0, 0.1) is 0 Å². The predicted molar refractivity (Wildman–Crippen MR) is 122 cm³/mol. The standard InChI is InChI=1S/C26H27NO5/c1-30-22-14-9-15-23(31-2)25(22)26(29)32-19-24(28)27(18-21-12-7-4-8-13-21)17-16-20-10-5-3-6-11-20/h3-15H,16-19H2,1-2H3. The smallest absolute Gasteiger partial charge is 0.346 e. The van der Waals surface area contributed by atoms with E-state index in [2.05, 4.69) is 0 Å². The summed E-state index contributed by atoms with van der Waals surface area (Å²) in [5.74, 6) is -0.290. The number of carbonyl (C=O) groups is 2. The lowest BCUT2D eigenvalue weighted by Crippen LogP contribution is -2.36. The van der Waals surface area contributed by atoms with Crippen LogP contribution in [0.5, 0.6) is 11.5 Å². The largest absolute Gasteiger partial charge is 0.496 e. The summed E-state index contributed by atoms with van der Waals surface area (Å²) in [6.07, 6.45) is 0.702. The number of benzene rings is 3. The maximum atomic E-state index is 13.0. The van der Waals surface area contributed by atoms with Crippen molar-refractivity contribution in [1.82, 2.24) is 4.90 Å². The van der Waals surface area contributed by atoms with Crippen LogP contribution in [0.2, 0.25) is 0 Å². The number of ether oxygens (including phenoxy) is 3. The van der Waals surface area contributed by atoms with Crippen LogP contribution in [0.3, 0.4) is 0 Å². The van der Waals surface area contributed by atoms with Crippen molar-refractivity contribution in [1.29, 1.82) is 0 Å². The highest BCUT2D eigenvalue weighted by atomic mass is 16.5. The SMILES string of the molecule is COc1cccc(OC)c1C(=O)OCC(=O)N(CCc1ccccc1)Cc1ccccc1. The molecule has 0 aromatic heterocycles. The summed E-state index contributed by atoms with van der Waals surface area (Å²) in [5, 5.41) is 0. The quantitative estimate of drug-likeness (QED) is 0.450. The molecule has 0 spiro atoms. The molecule has 0 aliphatic carbocycles. The van der Waals surface area contributed by atoms with Crippen LogP contribution in [-0.2, 0) is 22.5 Å². The van der Waals surface area contributed by atoms with Crippen molar-refractivity contribution in [2.45, 2.75) is 13.0 Å². The second-order valence-electron chi connectivity index (χ2n) is 7.15. The Labute approximate surface area is 188 Å². The van der Waals surface area contributed by atoms with Crippen molar-refractivity contribution >= 4 is 11.9 Å². The molecule has 1 amide bonds. The van der Waals surface area contributed by atoms with Crippen molar-refractivity contribution in [2.24, 2.45) is 0 Å². The lowest BCUT2D eigenvalue weighted by Gasteiger charge is -2.23. The first-order valence-corrected chi connectivity index (χ1v) is 10.4. The molecule has 3 aromatic carbocycles. The monoisotopic (exact) mass is 433 g/mol. The molecule has 0 atom stereocenters. The highest BCUT2D eigenvalue weighted by Gasteiger charge is 2.22. The summed E-state index contributed by atoms with van der Waals surface area (Å²) < 4.78 is 15.9. The van der Waals surface area contributed by atoms with Gasteiger partial charge in [0.25, 0.3) is 5.91 Å². The topological polar surface area (TPSA) is 65.1 Å². The van der Waals surface area contributed by atoms with Crippen LogP contribution in [0.4, 0.5) is 0 Å². The Morgan fingerprint density at radius 3 is 1.88 bits per heavy atom. The summed E-state index contributed by atoms with van der Waals surface area (Å²) in [6.45, 7) is 0.566. The third-order valence-corrected chi connectivity index (χ3v) is 5.04. The van der Waals surface area contributed by atoms with Crippen LogP contribution in [0.25, 0.3) is 0 Å². The Morgan fingerprint density at radius 1 is 0.750 bits per heavy atom. The van der Waals surface area contributed by atoms with Gasteiger partial charge in [0.1, 0.15) is 17.1 Å². The van der Waals surface area contributed by atoms with E-state index in [1.807, 2.05) is 60.7 Å². The Balaban J connectivity index is 1.69. The minimum absolute atomic E-state index is 0.157. The van der Waals surface area contributed by atoms with Crippen LogP contribution in [0.1, 0.15) is 21.5 Å². The maximum Gasteiger partial charge on any atom is 0.346 e. The van der Waals surface area contributed by atoms with Gasteiger partial charge < -0.3 is 19.1 Å². The van der Waals surface area contributed by atoms with E-state index < -0.39 is 5.97 Å². The van der Waals surface area contributed by atoms with Gasteiger partial charge in [-0.05, 0) is 29.7 Å². The molecule has 0 fully saturated rings. The summed E-state index contributed by atoms with van der Waals surface area (Å²) in [6, 6.07) is 24.7. The number of nitrogens with zero attached hydrogens (tertiary/aromatic N) is 1. The molecule has 0 unspecified atom stereocenters. The summed E-state index contributed by atoms with van der Waals surface area (Å²) in [4.78, 5) is 27.4. The van der Waals surface area contributed by atoms with Crippen LogP contribution in [-0.4, -0.2) is 44.1 Å². The highest BCUT2D eigenvalue weighted by Crippen LogP contribution is 2.28. The number of hydrogen-bond donors (Lipinski definition) is 0. The zero-order valence-electron chi connectivity index (χ0n) is 18.3. The molecule has 6 heteroatoms. The normalized spacial score (nSPS) is 10.3. The second-order valence-corrected chi connectivity index (χ2v) is 7.15. The van der Waals surface area contributed by atoms with E-state index >= 15 is 0 Å². The number of carbonyl (C=O) groups excluding carboxylic acids is 2. The molecule has 0 heterocycles. The molecule has 0 aliphatic heterocycles. The van der Waals surface area contributed by atoms with E-state index in [0.717, 1.165) is 11.1 Å². The molecule has 0 bridgehead atoms. The van der Waals surface area contributed by atoms with Crippen molar-refractivity contribution in [3.8, 4) is 11.5 Å². The molecular weight excluding hydrogens is 406 g/mol. The predicted octanol–water partition coefficient (Wildman–Crippen LogP) is 4.13. The van der Waals surface area contributed by atoms with Crippen molar-refractivity contribution in [2.75, 3.05) is 27.4 Å². The zero-order valence-corrected chi connectivity index (χ0v) is 18.3. The van der Waals surface area contributed by atoms with Gasteiger partial charge in [0.05, 0.1) is 14.2 Å². The van der Waals surface area contributed by atoms with E-state index in [1.165, 1.54) is 14.2 Å². The average Bonchev–Trinajstić information content (AvgIpc) is 2.85. The van der Waals surface area contributed by atoms with Gasteiger partial charge in [-0.15, -0.1) is 0 Å². The highest BCUT2D eigenvalue weighted by molar-refractivity contribution is 5.96. The van der Waals surface area contributed by atoms with Crippen molar-refractivity contribution < 1.29 is 23.8 Å². The minimum Gasteiger partial charge on any atom is -0.496 e. The molecule has 0 saturated carbocycles. The molecule has 0 N–H and O–H groups in total. The summed E-state index contributed by atoms with van der Waals surface area (Å²) >= 11 is 0. The Morgan fingerprint density at radius 2 is 1.31 bits per heavy atom. The van der Waals surface area contributed by atoms with Crippen LogP contribution >= 0.6 is 0 Å². The van der Waals surface area contributed by atoms with E-state index in [0.29, 0.717) is 31.0 Å². The third kappa shape index (κ3) is 6.11. The minimum atomic E-state index is -0.671. The van der Waals surface area contributed by atoms with Crippen molar-refractivity contribution in [3.63, 3.8) is 0 Å². The van der Waals surface area contributed by atoms with Gasteiger partial charge in [-0.1, -0.05) is 66.7 Å². The van der Waals surface area contributed by atoms with Crippen LogP contribution < -0.4 is 9.47 Å². The third-order valence-electron chi connectivity index (χ3n) is 5.04. The molecule has 3 aromatic rings. The number of methoxy groups -OCH3 is 2. The Kier molecular flexibility index (Phi) is 8.26. The molecular formula is C26H27NO5. The summed E-state index contributed by atoms with van der Waals surface area (Å²) in [5.41, 5.74) is 2.30. The van der Waals surface area contributed by atoms with Crippen molar-refractivity contribution in [3.05, 3.63) is 95.6 Å². The van der Waals surface area contributed by atoms with E-state index in [1.54, 1.807) is 23.1 Å². The molecule has 0 radical (unpaired) electrons. The zero-order chi connectivity index (χ0) is 22.8. The first kappa shape index (κ1) is 22.9. The lowest BCUT2D eigenvalue weighted by molar-refractivity contribution is -0.135. The second kappa shape index (κ2) is 11.6. The molecule has 6 nitrogen and oxygen atoms in total. The number of esters is 1. The van der Waals surface area contributed by atoms with Gasteiger partial charge in [0.15, 0.2) is 6.61 Å². The molecule has 3 rings (SSSR count). The first-order chi connectivity index (χ1) is 15.6. The molecule has 0 saturated heterocycles. The van der Waals surface area contributed by atoms with Gasteiger partial charge in [-0.2, -0.15) is 0 Å². The summed E-state index contributed by atoms with van der Waals surface area (Å²) in [7, 11) is 2.92. The van der Waals surface area contributed by atoms with Gasteiger partial charge in [0.2, 0.25) is 0 Å². The maximum absolute atomic E-state index is 13.0. The van der Waals surface area contributed by atoms with Gasteiger partial charge in [-0.3, -0.25) is 4.79 Å². The molecule has 0 aliphatic rings. The van der Waals surface area contributed by atoms with Gasteiger partial charge >= 0.3 is 5.97 Å². The number of amides is 1. The molecule has 32 heavy (non-hydrogen) atoms. The van der Waals surface area contributed by atoms with Gasteiger partial charge in [-0.25, -0.2) is 4.79 Å². The fourth-order valence-corrected chi connectivity index (χ4v) is 3.35. The first-order valence-electron chi connectivity index (χ1n) is 10.4. The fourth-order valence-electron chi connectivity index (χ4n) is 3.35. The van der Waals surface area contributed by atoms with E-state index in [4.69, 9.17) is 14.2 Å².